The summed E-state index contributed by atoms with van der Waals surface area (Å²) in [4.78, 5) is 39.0. The summed E-state index contributed by atoms with van der Waals surface area (Å²) in [6, 6.07) is 3.06. The van der Waals surface area contributed by atoms with E-state index in [1.165, 1.54) is 4.31 Å². The molecule has 4 amide bonds. The fourth-order valence-corrected chi connectivity index (χ4v) is 6.05. The van der Waals surface area contributed by atoms with E-state index in [-0.39, 0.29) is 19.6 Å². The number of hydrogen-bond acceptors (Lipinski definition) is 6. The van der Waals surface area contributed by atoms with Gasteiger partial charge >= 0.3 is 6.03 Å². The first-order valence-corrected chi connectivity index (χ1v) is 12.1. The minimum absolute atomic E-state index is 0.0453. The van der Waals surface area contributed by atoms with Gasteiger partial charge in [-0.3, -0.25) is 19.9 Å². The summed E-state index contributed by atoms with van der Waals surface area (Å²) in [6.45, 7) is 10.1. The summed E-state index contributed by atoms with van der Waals surface area (Å²) in [6.07, 6.45) is 0.403. The van der Waals surface area contributed by atoms with Crippen LogP contribution in [-0.2, 0) is 19.6 Å². The van der Waals surface area contributed by atoms with Gasteiger partial charge in [-0.15, -0.1) is 0 Å². The molecule has 1 aromatic carbocycles. The third-order valence-corrected chi connectivity index (χ3v) is 8.31. The van der Waals surface area contributed by atoms with Crippen molar-refractivity contribution in [1.29, 1.82) is 0 Å². The van der Waals surface area contributed by atoms with E-state index in [0.717, 1.165) is 21.7 Å². The average Bonchev–Trinajstić information content (AvgIpc) is 2.91. The highest BCUT2D eigenvalue weighted by atomic mass is 32.2. The molecule has 1 aromatic rings. The van der Waals surface area contributed by atoms with Crippen molar-refractivity contribution in [3.8, 4) is 0 Å². The van der Waals surface area contributed by atoms with Crippen LogP contribution in [0.5, 0.6) is 0 Å². The number of urea groups is 1. The van der Waals surface area contributed by atoms with Crippen molar-refractivity contribution in [2.24, 2.45) is 0 Å². The number of piperazine rings is 1. The van der Waals surface area contributed by atoms with Crippen LogP contribution in [0.3, 0.4) is 0 Å². The van der Waals surface area contributed by atoms with E-state index in [1.807, 2.05) is 19.1 Å². The second-order valence-corrected chi connectivity index (χ2v) is 10.6. The molecule has 0 aromatic heterocycles. The highest BCUT2D eigenvalue weighted by Gasteiger charge is 2.47. The lowest BCUT2D eigenvalue weighted by atomic mass is 10.00. The van der Waals surface area contributed by atoms with E-state index in [4.69, 9.17) is 0 Å². The van der Waals surface area contributed by atoms with Gasteiger partial charge in [0, 0.05) is 26.2 Å². The maximum atomic E-state index is 13.2. The third kappa shape index (κ3) is 4.50. The van der Waals surface area contributed by atoms with Gasteiger partial charge in [0.2, 0.25) is 10.0 Å². The first kappa shape index (κ1) is 24.1. The van der Waals surface area contributed by atoms with Gasteiger partial charge in [-0.1, -0.05) is 24.6 Å². The normalized spacial score (nSPS) is 22.8. The Morgan fingerprint density at radius 1 is 1.09 bits per heavy atom. The molecule has 0 bridgehead atoms. The number of rotatable bonds is 6. The molecule has 10 nitrogen and oxygen atoms in total. The van der Waals surface area contributed by atoms with E-state index in [0.29, 0.717) is 24.4 Å². The molecule has 2 heterocycles. The van der Waals surface area contributed by atoms with Gasteiger partial charge < -0.3 is 5.32 Å². The first-order valence-electron chi connectivity index (χ1n) is 10.7. The lowest BCUT2D eigenvalue weighted by molar-refractivity contribution is -0.139. The van der Waals surface area contributed by atoms with Crippen LogP contribution in [0.15, 0.2) is 17.0 Å². The fraction of sp³-hybridized carbons (Fsp3) is 0.571. The number of aryl methyl sites for hydroxylation is 3. The van der Waals surface area contributed by atoms with Gasteiger partial charge in [0.15, 0.2) is 0 Å². The molecular weight excluding hydrogens is 434 g/mol. The van der Waals surface area contributed by atoms with Gasteiger partial charge in [0.25, 0.3) is 11.8 Å². The third-order valence-electron chi connectivity index (χ3n) is 6.11. The van der Waals surface area contributed by atoms with Crippen LogP contribution in [0.1, 0.15) is 37.0 Å². The summed E-state index contributed by atoms with van der Waals surface area (Å²) in [5.74, 6) is -1.01. The Kier molecular flexibility index (Phi) is 6.64. The Bertz CT molecular complexity index is 1030. The molecule has 176 valence electrons. The molecule has 0 aliphatic carbocycles. The van der Waals surface area contributed by atoms with Crippen LogP contribution in [0.4, 0.5) is 4.79 Å². The number of amides is 4. The van der Waals surface area contributed by atoms with Crippen LogP contribution in [0.2, 0.25) is 0 Å². The van der Waals surface area contributed by atoms with E-state index >= 15 is 0 Å². The second-order valence-electron chi connectivity index (χ2n) is 8.70. The summed E-state index contributed by atoms with van der Waals surface area (Å²) < 4.78 is 27.8. The number of hydrogen-bond donors (Lipinski definition) is 2. The molecule has 0 spiro atoms. The summed E-state index contributed by atoms with van der Waals surface area (Å²) >= 11 is 0. The number of benzene rings is 1. The van der Waals surface area contributed by atoms with Crippen molar-refractivity contribution in [3.63, 3.8) is 0 Å². The molecule has 1 atom stereocenters. The number of carbonyl (C=O) groups is 3. The minimum atomic E-state index is -3.64. The standard InChI is InChI=1S/C21H31N5O5S/c1-6-21(5)19(28)26(20(29)22-21)23-17(27)13-24-7-9-25(10-8-24)32(30,31)18-15(3)11-14(2)12-16(18)4/h11-12H,6-10,13H2,1-5H3,(H,22,29)(H,23,27). The van der Waals surface area contributed by atoms with Crippen LogP contribution in [-0.4, -0.2) is 78.7 Å². The molecule has 0 saturated carbocycles. The second kappa shape index (κ2) is 8.80. The SMILES string of the molecule is CCC1(C)NC(=O)N(NC(=O)CN2CCN(S(=O)(=O)c3c(C)cc(C)cc3C)CC2)C1=O. The monoisotopic (exact) mass is 465 g/mol. The van der Waals surface area contributed by atoms with Gasteiger partial charge in [-0.05, 0) is 45.2 Å². The molecule has 2 aliphatic rings. The maximum Gasteiger partial charge on any atom is 0.344 e. The number of sulfonamides is 1. The number of nitrogens with zero attached hydrogens (tertiary/aromatic N) is 3. The molecule has 2 N–H and O–H groups in total. The lowest BCUT2D eigenvalue weighted by Gasteiger charge is -2.34. The molecule has 11 heteroatoms. The molecule has 2 fully saturated rings. The molecule has 2 aliphatic heterocycles. The van der Waals surface area contributed by atoms with Gasteiger partial charge in [0.1, 0.15) is 5.54 Å². The highest BCUT2D eigenvalue weighted by molar-refractivity contribution is 7.89. The smallest absolute Gasteiger partial charge is 0.322 e. The van der Waals surface area contributed by atoms with E-state index in [2.05, 4.69) is 10.7 Å². The van der Waals surface area contributed by atoms with Crippen molar-refractivity contribution in [2.45, 2.75) is 51.5 Å². The van der Waals surface area contributed by atoms with Gasteiger partial charge in [-0.25, -0.2) is 13.2 Å². The van der Waals surface area contributed by atoms with Crippen molar-refractivity contribution < 1.29 is 22.8 Å². The van der Waals surface area contributed by atoms with Crippen molar-refractivity contribution in [3.05, 3.63) is 28.8 Å². The number of nitrogens with one attached hydrogen (secondary N) is 2. The van der Waals surface area contributed by atoms with Crippen LogP contribution in [0, 0.1) is 20.8 Å². The topological polar surface area (TPSA) is 119 Å². The first-order chi connectivity index (χ1) is 14.9. The van der Waals surface area contributed by atoms with Crippen LogP contribution < -0.4 is 10.7 Å². The number of hydrazine groups is 1. The molecule has 1 unspecified atom stereocenters. The van der Waals surface area contributed by atoms with Crippen molar-refractivity contribution >= 4 is 27.9 Å². The van der Waals surface area contributed by atoms with E-state index in [1.54, 1.807) is 32.6 Å². The van der Waals surface area contributed by atoms with Crippen LogP contribution >= 0.6 is 0 Å². The zero-order valence-electron chi connectivity index (χ0n) is 19.2. The molecule has 0 radical (unpaired) electrons. The Morgan fingerprint density at radius 2 is 1.66 bits per heavy atom. The Balaban J connectivity index is 1.59. The predicted molar refractivity (Wildman–Crippen MR) is 118 cm³/mol. The summed E-state index contributed by atoms with van der Waals surface area (Å²) in [7, 11) is -3.64. The van der Waals surface area contributed by atoms with E-state index < -0.39 is 33.4 Å². The molecule has 3 rings (SSSR count). The maximum absolute atomic E-state index is 13.2. The molecular formula is C21H31N5O5S. The Labute approximate surface area is 188 Å². The largest absolute Gasteiger partial charge is 0.344 e. The minimum Gasteiger partial charge on any atom is -0.322 e. The quantitative estimate of drug-likeness (QED) is 0.596. The Hall–Kier alpha value is -2.50. The molecule has 32 heavy (non-hydrogen) atoms. The Morgan fingerprint density at radius 3 is 2.16 bits per heavy atom. The summed E-state index contributed by atoms with van der Waals surface area (Å²) in [5, 5.41) is 3.29. The van der Waals surface area contributed by atoms with Crippen molar-refractivity contribution in [2.75, 3.05) is 32.7 Å². The van der Waals surface area contributed by atoms with E-state index in [9.17, 15) is 22.8 Å². The van der Waals surface area contributed by atoms with Gasteiger partial charge in [-0.2, -0.15) is 9.31 Å². The lowest BCUT2D eigenvalue weighted by Crippen LogP contribution is -2.54. The van der Waals surface area contributed by atoms with Crippen LogP contribution in [0.25, 0.3) is 0 Å². The average molecular weight is 466 g/mol. The van der Waals surface area contributed by atoms with Crippen molar-refractivity contribution in [1.82, 2.24) is 25.0 Å². The highest BCUT2D eigenvalue weighted by Crippen LogP contribution is 2.26. The predicted octanol–water partition coefficient (Wildman–Crippen LogP) is 0.670. The van der Waals surface area contributed by atoms with Gasteiger partial charge in [0.05, 0.1) is 11.4 Å². The summed E-state index contributed by atoms with van der Waals surface area (Å²) in [5.41, 5.74) is 3.78. The zero-order valence-corrected chi connectivity index (χ0v) is 20.0. The fourth-order valence-electron chi connectivity index (χ4n) is 4.22. The number of carbonyl (C=O) groups excluding carboxylic acids is 3. The zero-order chi connectivity index (χ0) is 23.8. The number of imide groups is 1. The molecule has 2 saturated heterocycles.